The van der Waals surface area contributed by atoms with Crippen LogP contribution >= 0.6 is 0 Å². The van der Waals surface area contributed by atoms with Gasteiger partial charge in [0.25, 0.3) is 0 Å². The molecule has 0 amide bonds. The maximum Gasteiger partial charge on any atom is 0.129 e. The third-order valence-corrected chi connectivity index (χ3v) is 3.47. The monoisotopic (exact) mass is 283 g/mol. The number of hydrogen-bond donors (Lipinski definition) is 0. The molecule has 0 unspecified atom stereocenters. The van der Waals surface area contributed by atoms with Crippen LogP contribution in [0.25, 0.3) is 11.0 Å². The minimum absolute atomic E-state index is 0.263. The highest BCUT2D eigenvalue weighted by Gasteiger charge is 2.12. The average molecular weight is 283 g/mol. The van der Waals surface area contributed by atoms with Crippen molar-refractivity contribution in [2.24, 2.45) is 7.05 Å². The average Bonchev–Trinajstić information content (AvgIpc) is 2.78. The molecule has 0 N–H and O–H groups in total. The van der Waals surface area contributed by atoms with Crippen molar-refractivity contribution in [2.75, 3.05) is 0 Å². The molecule has 2 aromatic carbocycles. The van der Waals surface area contributed by atoms with Crippen LogP contribution in [0.15, 0.2) is 36.4 Å². The van der Waals surface area contributed by atoms with Gasteiger partial charge in [0.15, 0.2) is 0 Å². The van der Waals surface area contributed by atoms with E-state index >= 15 is 0 Å². The second-order valence-electron chi connectivity index (χ2n) is 4.81. The number of fused-ring (bicyclic) bond motifs is 1. The summed E-state index contributed by atoms with van der Waals surface area (Å²) in [5.74, 6) is -0.523. The maximum absolute atomic E-state index is 13.7. The molecule has 0 spiro atoms. The zero-order chi connectivity index (χ0) is 15.0. The lowest BCUT2D eigenvalue weighted by Gasteiger charge is -2.04. The number of imidazole rings is 1. The van der Waals surface area contributed by atoms with Crippen LogP contribution < -0.4 is 0 Å². The minimum atomic E-state index is -0.597. The molecule has 21 heavy (non-hydrogen) atoms. The molecule has 1 heterocycles. The van der Waals surface area contributed by atoms with Crippen molar-refractivity contribution < 1.29 is 8.78 Å². The van der Waals surface area contributed by atoms with E-state index in [9.17, 15) is 8.78 Å². The molecule has 104 valence electrons. The minimum Gasteiger partial charge on any atom is -0.331 e. The molecule has 0 bridgehead atoms. The molecule has 1 aromatic heterocycles. The largest absolute Gasteiger partial charge is 0.331 e. The molecule has 3 nitrogen and oxygen atoms in total. The molecule has 0 saturated carbocycles. The van der Waals surface area contributed by atoms with Gasteiger partial charge in [-0.1, -0.05) is 6.07 Å². The quantitative estimate of drug-likeness (QED) is 0.724. The van der Waals surface area contributed by atoms with E-state index in [0.29, 0.717) is 17.0 Å². The summed E-state index contributed by atoms with van der Waals surface area (Å²) in [6.45, 7) is 0. The van der Waals surface area contributed by atoms with E-state index in [0.717, 1.165) is 17.1 Å². The molecular formula is C16H11F2N3. The Morgan fingerprint density at radius 1 is 1.19 bits per heavy atom. The molecule has 0 aliphatic heterocycles. The summed E-state index contributed by atoms with van der Waals surface area (Å²) >= 11 is 0. The van der Waals surface area contributed by atoms with Gasteiger partial charge in [0, 0.05) is 19.5 Å². The van der Waals surface area contributed by atoms with Crippen LogP contribution in [-0.4, -0.2) is 9.55 Å². The van der Waals surface area contributed by atoms with Crippen molar-refractivity contribution in [1.29, 1.82) is 5.26 Å². The first-order valence-electron chi connectivity index (χ1n) is 6.38. The van der Waals surface area contributed by atoms with Crippen molar-refractivity contribution in [3.63, 3.8) is 0 Å². The maximum atomic E-state index is 13.7. The van der Waals surface area contributed by atoms with Gasteiger partial charge in [-0.3, -0.25) is 0 Å². The van der Waals surface area contributed by atoms with E-state index in [4.69, 9.17) is 5.26 Å². The Labute approximate surface area is 120 Å². The van der Waals surface area contributed by atoms with Gasteiger partial charge in [-0.2, -0.15) is 5.26 Å². The fraction of sp³-hybridized carbons (Fsp3) is 0.125. The zero-order valence-corrected chi connectivity index (χ0v) is 11.3. The Morgan fingerprint density at radius 2 is 2.00 bits per heavy atom. The van der Waals surface area contributed by atoms with E-state index in [1.165, 1.54) is 12.1 Å². The lowest BCUT2D eigenvalue weighted by Crippen LogP contribution is -2.01. The Kier molecular flexibility index (Phi) is 3.15. The number of benzene rings is 2. The fourth-order valence-corrected chi connectivity index (χ4v) is 2.30. The molecule has 0 radical (unpaired) electrons. The predicted molar refractivity (Wildman–Crippen MR) is 74.6 cm³/mol. The third-order valence-electron chi connectivity index (χ3n) is 3.47. The van der Waals surface area contributed by atoms with Gasteiger partial charge in [0.1, 0.15) is 17.5 Å². The summed E-state index contributed by atoms with van der Waals surface area (Å²) in [4.78, 5) is 4.44. The first kappa shape index (κ1) is 13.3. The summed E-state index contributed by atoms with van der Waals surface area (Å²) in [7, 11) is 1.81. The van der Waals surface area contributed by atoms with Gasteiger partial charge in [-0.15, -0.1) is 0 Å². The molecular weight excluding hydrogens is 272 g/mol. The lowest BCUT2D eigenvalue weighted by molar-refractivity contribution is 0.573. The first-order valence-corrected chi connectivity index (χ1v) is 6.38. The van der Waals surface area contributed by atoms with Gasteiger partial charge in [-0.25, -0.2) is 13.8 Å². The summed E-state index contributed by atoms with van der Waals surface area (Å²) in [5.41, 5.74) is 2.49. The Morgan fingerprint density at radius 3 is 2.71 bits per heavy atom. The van der Waals surface area contributed by atoms with Crippen LogP contribution in [0.5, 0.6) is 0 Å². The zero-order valence-electron chi connectivity index (χ0n) is 11.3. The van der Waals surface area contributed by atoms with Gasteiger partial charge in [-0.05, 0) is 29.8 Å². The van der Waals surface area contributed by atoms with Gasteiger partial charge < -0.3 is 4.57 Å². The van der Waals surface area contributed by atoms with Crippen molar-refractivity contribution in [3.05, 3.63) is 65.0 Å². The molecule has 3 rings (SSSR count). The van der Waals surface area contributed by atoms with Gasteiger partial charge >= 0.3 is 0 Å². The molecule has 0 fully saturated rings. The smallest absolute Gasteiger partial charge is 0.129 e. The molecule has 0 aliphatic carbocycles. The molecule has 3 aromatic rings. The summed E-state index contributed by atoms with van der Waals surface area (Å²) in [6, 6.07) is 10.8. The van der Waals surface area contributed by atoms with Crippen LogP contribution in [-0.2, 0) is 13.5 Å². The van der Waals surface area contributed by atoms with Crippen LogP contribution in [0.1, 0.15) is 17.0 Å². The normalized spacial score (nSPS) is 10.8. The van der Waals surface area contributed by atoms with E-state index in [1.54, 1.807) is 18.2 Å². The molecule has 0 saturated heterocycles. The van der Waals surface area contributed by atoms with E-state index in [2.05, 4.69) is 11.1 Å². The number of halogens is 2. The summed E-state index contributed by atoms with van der Waals surface area (Å²) in [6.07, 6.45) is 0.263. The fourth-order valence-electron chi connectivity index (χ4n) is 2.30. The van der Waals surface area contributed by atoms with Crippen molar-refractivity contribution in [2.45, 2.75) is 6.42 Å². The number of hydrogen-bond acceptors (Lipinski definition) is 2. The second-order valence-corrected chi connectivity index (χ2v) is 4.81. The van der Waals surface area contributed by atoms with Crippen LogP contribution in [0.4, 0.5) is 8.78 Å². The summed E-state index contributed by atoms with van der Waals surface area (Å²) in [5, 5.41) is 8.93. The Balaban J connectivity index is 2.05. The molecule has 5 heteroatoms. The SMILES string of the molecule is Cn1c(Cc2ccc(F)cc2F)nc2ccc(C#N)cc21. The van der Waals surface area contributed by atoms with Crippen LogP contribution in [0.2, 0.25) is 0 Å². The molecule has 0 aliphatic rings. The highest BCUT2D eigenvalue weighted by atomic mass is 19.1. The first-order chi connectivity index (χ1) is 10.1. The van der Waals surface area contributed by atoms with Crippen molar-refractivity contribution in [3.8, 4) is 6.07 Å². The Hall–Kier alpha value is -2.74. The van der Waals surface area contributed by atoms with Gasteiger partial charge in [0.05, 0.1) is 22.7 Å². The number of aromatic nitrogens is 2. The third kappa shape index (κ3) is 2.36. The predicted octanol–water partition coefficient (Wildman–Crippen LogP) is 3.31. The number of nitrogens with zero attached hydrogens (tertiary/aromatic N) is 3. The number of rotatable bonds is 2. The van der Waals surface area contributed by atoms with Gasteiger partial charge in [0.2, 0.25) is 0 Å². The molecule has 0 atom stereocenters. The van der Waals surface area contributed by atoms with E-state index < -0.39 is 11.6 Å². The van der Waals surface area contributed by atoms with Crippen molar-refractivity contribution >= 4 is 11.0 Å². The Bertz CT molecular complexity index is 875. The summed E-state index contributed by atoms with van der Waals surface area (Å²) < 4.78 is 28.5. The second kappa shape index (κ2) is 4.98. The van der Waals surface area contributed by atoms with E-state index in [1.807, 2.05) is 11.6 Å². The van der Waals surface area contributed by atoms with Crippen molar-refractivity contribution in [1.82, 2.24) is 9.55 Å². The standard InChI is InChI=1S/C16H11F2N3/c1-21-15-6-10(9-19)2-5-14(15)20-16(21)7-11-3-4-12(17)8-13(11)18/h2-6,8H,7H2,1H3. The van der Waals surface area contributed by atoms with Crippen LogP contribution in [0.3, 0.4) is 0 Å². The highest BCUT2D eigenvalue weighted by molar-refractivity contribution is 5.77. The number of nitriles is 1. The van der Waals surface area contributed by atoms with Crippen LogP contribution in [0, 0.1) is 23.0 Å². The lowest BCUT2D eigenvalue weighted by atomic mass is 10.1. The number of aryl methyl sites for hydroxylation is 1. The van der Waals surface area contributed by atoms with E-state index in [-0.39, 0.29) is 6.42 Å². The highest BCUT2D eigenvalue weighted by Crippen LogP contribution is 2.20. The topological polar surface area (TPSA) is 41.6 Å².